The Morgan fingerprint density at radius 1 is 1.32 bits per heavy atom. The molecule has 0 radical (unpaired) electrons. The van der Waals surface area contributed by atoms with Gasteiger partial charge in [-0.15, -0.1) is 0 Å². The molecule has 0 saturated heterocycles. The molecule has 0 spiro atoms. The molecule has 0 unspecified atom stereocenters. The number of benzene rings is 1. The number of rotatable bonds is 3. The summed E-state index contributed by atoms with van der Waals surface area (Å²) >= 11 is 0. The Morgan fingerprint density at radius 2 is 1.96 bits per heavy atom. The smallest absolute Gasteiger partial charge is 0.329 e. The van der Waals surface area contributed by atoms with Crippen LogP contribution in [0.3, 0.4) is 0 Å². The minimum Gasteiger partial charge on any atom is -0.329 e. The fourth-order valence-electron chi connectivity index (χ4n) is 2.64. The molecule has 0 atom stereocenters. The highest BCUT2D eigenvalue weighted by Gasteiger charge is 2.43. The van der Waals surface area contributed by atoms with Crippen molar-refractivity contribution < 1.29 is 22.5 Å². The molecule has 130 valence electrons. The number of halogens is 3. The quantitative estimate of drug-likeness (QED) is 0.848. The molecule has 1 saturated carbocycles. The molecule has 1 amide bonds. The predicted molar refractivity (Wildman–Crippen MR) is 79.0 cm³/mol. The molecule has 1 aliphatic carbocycles. The van der Waals surface area contributed by atoms with Crippen LogP contribution in [0, 0.1) is 11.3 Å². The van der Waals surface area contributed by atoms with E-state index >= 15 is 0 Å². The maximum Gasteiger partial charge on any atom is 0.471 e. The molecule has 0 N–H and O–H groups in total. The molecule has 0 aliphatic heterocycles. The average Bonchev–Trinajstić information content (AvgIpc) is 3.04. The highest BCUT2D eigenvalue weighted by atomic mass is 19.4. The van der Waals surface area contributed by atoms with Crippen molar-refractivity contribution in [2.24, 2.45) is 0 Å². The lowest BCUT2D eigenvalue weighted by atomic mass is 9.76. The van der Waals surface area contributed by atoms with Crippen molar-refractivity contribution in [1.82, 2.24) is 15.0 Å². The topological polar surface area (TPSA) is 83.0 Å². The second kappa shape index (κ2) is 5.88. The van der Waals surface area contributed by atoms with Gasteiger partial charge in [-0.3, -0.25) is 4.79 Å². The first kappa shape index (κ1) is 17.0. The zero-order valence-corrected chi connectivity index (χ0v) is 13.2. The van der Waals surface area contributed by atoms with E-state index < -0.39 is 17.6 Å². The van der Waals surface area contributed by atoms with Crippen LogP contribution in [0.1, 0.15) is 35.5 Å². The van der Waals surface area contributed by atoms with E-state index in [4.69, 9.17) is 0 Å². The van der Waals surface area contributed by atoms with E-state index in [1.807, 2.05) is 0 Å². The van der Waals surface area contributed by atoms with Gasteiger partial charge in [-0.05, 0) is 31.4 Å². The summed E-state index contributed by atoms with van der Waals surface area (Å²) in [6.45, 7) is 0. The molecule has 1 aromatic heterocycles. The number of nitrogens with zero attached hydrogens (tertiary/aromatic N) is 4. The molecule has 1 aliphatic rings. The summed E-state index contributed by atoms with van der Waals surface area (Å²) in [4.78, 5) is 17.2. The van der Waals surface area contributed by atoms with Crippen molar-refractivity contribution in [1.29, 1.82) is 5.26 Å². The molecule has 1 fully saturated rings. The number of nitriles is 1. The number of aromatic nitrogens is 2. The Kier molecular flexibility index (Phi) is 3.99. The number of hydrogen-bond donors (Lipinski definition) is 0. The van der Waals surface area contributed by atoms with Gasteiger partial charge in [0.2, 0.25) is 5.82 Å². The zero-order chi connectivity index (χ0) is 18.2. The summed E-state index contributed by atoms with van der Waals surface area (Å²) in [5.41, 5.74) is -0.158. The predicted octanol–water partition coefficient (Wildman–Crippen LogP) is 3.27. The normalized spacial score (nSPS) is 16.0. The van der Waals surface area contributed by atoms with Gasteiger partial charge in [0.1, 0.15) is 5.54 Å². The van der Waals surface area contributed by atoms with Crippen molar-refractivity contribution in [3.05, 3.63) is 35.7 Å². The number of alkyl halides is 3. The Labute approximate surface area is 140 Å². The highest BCUT2D eigenvalue weighted by molar-refractivity contribution is 5.95. The van der Waals surface area contributed by atoms with E-state index in [1.165, 1.54) is 29.2 Å². The average molecular weight is 350 g/mol. The lowest BCUT2D eigenvalue weighted by Crippen LogP contribution is -2.53. The summed E-state index contributed by atoms with van der Waals surface area (Å²) in [5, 5.41) is 12.6. The molecular weight excluding hydrogens is 337 g/mol. The van der Waals surface area contributed by atoms with Crippen LogP contribution < -0.4 is 0 Å². The van der Waals surface area contributed by atoms with E-state index in [0.717, 1.165) is 6.42 Å². The van der Waals surface area contributed by atoms with Crippen LogP contribution in [0.5, 0.6) is 0 Å². The second-order valence-corrected chi connectivity index (χ2v) is 5.86. The fourth-order valence-corrected chi connectivity index (χ4v) is 2.64. The Hall–Kier alpha value is -2.89. The minimum absolute atomic E-state index is 0.216. The van der Waals surface area contributed by atoms with Gasteiger partial charge in [0.25, 0.3) is 5.91 Å². The van der Waals surface area contributed by atoms with Crippen molar-refractivity contribution >= 4 is 5.91 Å². The van der Waals surface area contributed by atoms with Crippen molar-refractivity contribution in [3.8, 4) is 17.5 Å². The van der Waals surface area contributed by atoms with E-state index in [2.05, 4.69) is 20.7 Å². The number of hydrogen-bond acceptors (Lipinski definition) is 5. The van der Waals surface area contributed by atoms with Gasteiger partial charge in [-0.1, -0.05) is 17.3 Å². The minimum atomic E-state index is -4.71. The van der Waals surface area contributed by atoms with Gasteiger partial charge in [0.05, 0.1) is 6.07 Å². The van der Waals surface area contributed by atoms with E-state index in [9.17, 15) is 23.2 Å². The van der Waals surface area contributed by atoms with Crippen LogP contribution in [0.25, 0.3) is 11.4 Å². The summed E-state index contributed by atoms with van der Waals surface area (Å²) in [6.07, 6.45) is -2.55. The maximum atomic E-state index is 12.5. The maximum absolute atomic E-state index is 12.5. The van der Waals surface area contributed by atoms with Gasteiger partial charge < -0.3 is 9.42 Å². The van der Waals surface area contributed by atoms with Crippen LogP contribution in [0.2, 0.25) is 0 Å². The molecule has 6 nitrogen and oxygen atoms in total. The van der Waals surface area contributed by atoms with E-state index in [1.54, 1.807) is 7.05 Å². The molecule has 9 heteroatoms. The lowest BCUT2D eigenvalue weighted by Gasteiger charge is -2.42. The lowest BCUT2D eigenvalue weighted by molar-refractivity contribution is -0.159. The Bertz CT molecular complexity index is 832. The first-order valence-electron chi connectivity index (χ1n) is 7.48. The third-order valence-corrected chi connectivity index (χ3v) is 4.39. The first-order chi connectivity index (χ1) is 11.8. The van der Waals surface area contributed by atoms with Crippen molar-refractivity contribution in [2.45, 2.75) is 31.0 Å². The zero-order valence-electron chi connectivity index (χ0n) is 13.2. The second-order valence-electron chi connectivity index (χ2n) is 5.86. The van der Waals surface area contributed by atoms with Crippen LogP contribution in [0.4, 0.5) is 13.2 Å². The number of amides is 1. The Morgan fingerprint density at radius 3 is 2.40 bits per heavy atom. The molecule has 2 aromatic rings. The van der Waals surface area contributed by atoms with Crippen LogP contribution in [-0.2, 0) is 6.18 Å². The van der Waals surface area contributed by atoms with Gasteiger partial charge in [-0.25, -0.2) is 0 Å². The van der Waals surface area contributed by atoms with Crippen LogP contribution in [0.15, 0.2) is 28.8 Å². The molecule has 1 heterocycles. The molecule has 25 heavy (non-hydrogen) atoms. The van der Waals surface area contributed by atoms with Gasteiger partial charge >= 0.3 is 12.1 Å². The summed E-state index contributed by atoms with van der Waals surface area (Å²) < 4.78 is 41.6. The number of carbonyl (C=O) groups is 1. The Balaban J connectivity index is 1.79. The molecule has 3 rings (SSSR count). The summed E-state index contributed by atoms with van der Waals surface area (Å²) in [6, 6.07) is 7.98. The SMILES string of the molecule is CN(C(=O)c1ccc(-c2noc(C(F)(F)F)n2)cc1)C1(C#N)CCC1. The largest absolute Gasteiger partial charge is 0.471 e. The third-order valence-electron chi connectivity index (χ3n) is 4.39. The first-order valence-corrected chi connectivity index (χ1v) is 7.48. The fraction of sp³-hybridized carbons (Fsp3) is 0.375. The monoisotopic (exact) mass is 350 g/mol. The van der Waals surface area contributed by atoms with Gasteiger partial charge in [0.15, 0.2) is 0 Å². The molecule has 1 aromatic carbocycles. The van der Waals surface area contributed by atoms with Gasteiger partial charge in [-0.2, -0.15) is 23.4 Å². The van der Waals surface area contributed by atoms with Crippen LogP contribution in [-0.4, -0.2) is 33.5 Å². The highest BCUT2D eigenvalue weighted by Crippen LogP contribution is 2.37. The number of carbonyl (C=O) groups excluding carboxylic acids is 1. The van der Waals surface area contributed by atoms with E-state index in [0.29, 0.717) is 18.4 Å². The molecular formula is C16H13F3N4O2. The van der Waals surface area contributed by atoms with Crippen LogP contribution >= 0.6 is 0 Å². The van der Waals surface area contributed by atoms with E-state index in [-0.39, 0.29) is 17.3 Å². The standard InChI is InChI=1S/C16H13F3N4O2/c1-23(15(9-20)7-2-8-15)13(24)11-5-3-10(4-6-11)12-21-14(25-22-12)16(17,18)19/h3-6H,2,7-8H2,1H3. The summed E-state index contributed by atoms with van der Waals surface area (Å²) in [5.74, 6) is -1.97. The molecule has 0 bridgehead atoms. The summed E-state index contributed by atoms with van der Waals surface area (Å²) in [7, 11) is 1.58. The van der Waals surface area contributed by atoms with Gasteiger partial charge in [0, 0.05) is 18.2 Å². The van der Waals surface area contributed by atoms with Crippen molar-refractivity contribution in [2.75, 3.05) is 7.05 Å². The third kappa shape index (κ3) is 2.95. The van der Waals surface area contributed by atoms with Crippen molar-refractivity contribution in [3.63, 3.8) is 0 Å².